The highest BCUT2D eigenvalue weighted by atomic mass is 35.5. The third-order valence-electron chi connectivity index (χ3n) is 2.40. The average molecular weight is 272 g/mol. The SMILES string of the molecule is CCC(NC(=O)c1ccc(O)c(Cl)c1)/C(N)=N/O. The summed E-state index contributed by atoms with van der Waals surface area (Å²) in [5.41, 5.74) is 5.71. The summed E-state index contributed by atoms with van der Waals surface area (Å²) in [7, 11) is 0. The van der Waals surface area contributed by atoms with Gasteiger partial charge in [-0.3, -0.25) is 4.79 Å². The molecule has 1 aromatic carbocycles. The Morgan fingerprint density at radius 1 is 1.61 bits per heavy atom. The van der Waals surface area contributed by atoms with Crippen molar-refractivity contribution in [3.63, 3.8) is 0 Å². The molecule has 1 rings (SSSR count). The molecule has 1 unspecified atom stereocenters. The second-order valence-corrected chi connectivity index (χ2v) is 4.03. The molecule has 0 fully saturated rings. The van der Waals surface area contributed by atoms with E-state index in [2.05, 4.69) is 10.5 Å². The van der Waals surface area contributed by atoms with Crippen LogP contribution in [0.25, 0.3) is 0 Å². The van der Waals surface area contributed by atoms with Gasteiger partial charge in [0.05, 0.1) is 11.1 Å². The average Bonchev–Trinajstić information content (AvgIpc) is 2.37. The maximum Gasteiger partial charge on any atom is 0.251 e. The molecule has 0 aliphatic carbocycles. The fourth-order valence-electron chi connectivity index (χ4n) is 1.34. The number of hydrogen-bond acceptors (Lipinski definition) is 4. The molecule has 0 saturated carbocycles. The minimum absolute atomic E-state index is 0.0734. The van der Waals surface area contributed by atoms with Crippen molar-refractivity contribution in [3.8, 4) is 5.75 Å². The highest BCUT2D eigenvalue weighted by Gasteiger charge is 2.16. The summed E-state index contributed by atoms with van der Waals surface area (Å²) < 4.78 is 0. The zero-order valence-electron chi connectivity index (χ0n) is 9.72. The Hall–Kier alpha value is -1.95. The third-order valence-corrected chi connectivity index (χ3v) is 2.70. The van der Waals surface area contributed by atoms with Crippen molar-refractivity contribution < 1.29 is 15.1 Å². The number of carbonyl (C=O) groups is 1. The van der Waals surface area contributed by atoms with Crippen LogP contribution in [0.1, 0.15) is 23.7 Å². The van der Waals surface area contributed by atoms with Gasteiger partial charge < -0.3 is 21.4 Å². The fraction of sp³-hybridized carbons (Fsp3) is 0.273. The van der Waals surface area contributed by atoms with Crippen LogP contribution in [0.4, 0.5) is 0 Å². The van der Waals surface area contributed by atoms with E-state index in [4.69, 9.17) is 22.5 Å². The Morgan fingerprint density at radius 2 is 2.28 bits per heavy atom. The van der Waals surface area contributed by atoms with E-state index in [1.807, 2.05) is 0 Å². The van der Waals surface area contributed by atoms with Crippen molar-refractivity contribution >= 4 is 23.3 Å². The van der Waals surface area contributed by atoms with E-state index in [0.29, 0.717) is 6.42 Å². The fourth-order valence-corrected chi connectivity index (χ4v) is 1.53. The molecule has 0 heterocycles. The Bertz CT molecular complexity index is 477. The lowest BCUT2D eigenvalue weighted by molar-refractivity contribution is 0.0945. The van der Waals surface area contributed by atoms with Gasteiger partial charge in [-0.25, -0.2) is 0 Å². The van der Waals surface area contributed by atoms with Crippen molar-refractivity contribution in [2.45, 2.75) is 19.4 Å². The van der Waals surface area contributed by atoms with Crippen molar-refractivity contribution in [3.05, 3.63) is 28.8 Å². The first kappa shape index (κ1) is 14.1. The second-order valence-electron chi connectivity index (χ2n) is 3.63. The van der Waals surface area contributed by atoms with Gasteiger partial charge in [0.25, 0.3) is 5.91 Å². The van der Waals surface area contributed by atoms with Gasteiger partial charge in [0.1, 0.15) is 5.75 Å². The normalized spacial score (nSPS) is 13.1. The third kappa shape index (κ3) is 3.27. The van der Waals surface area contributed by atoms with Crippen LogP contribution in [-0.4, -0.2) is 28.1 Å². The molecule has 0 aromatic heterocycles. The van der Waals surface area contributed by atoms with Gasteiger partial charge in [0.15, 0.2) is 5.84 Å². The van der Waals surface area contributed by atoms with Crippen LogP contribution in [0, 0.1) is 0 Å². The summed E-state index contributed by atoms with van der Waals surface area (Å²) in [6.07, 6.45) is 0.480. The minimum atomic E-state index is -0.560. The molecular weight excluding hydrogens is 258 g/mol. The van der Waals surface area contributed by atoms with Crippen molar-refractivity contribution in [1.82, 2.24) is 5.32 Å². The first-order valence-electron chi connectivity index (χ1n) is 5.26. The number of rotatable bonds is 4. The molecule has 7 heteroatoms. The molecule has 6 nitrogen and oxygen atoms in total. The first-order valence-corrected chi connectivity index (χ1v) is 5.64. The van der Waals surface area contributed by atoms with Crippen molar-refractivity contribution in [2.24, 2.45) is 10.9 Å². The van der Waals surface area contributed by atoms with E-state index in [1.165, 1.54) is 18.2 Å². The quantitative estimate of drug-likeness (QED) is 0.286. The maximum absolute atomic E-state index is 11.9. The van der Waals surface area contributed by atoms with Gasteiger partial charge in [-0.1, -0.05) is 23.7 Å². The zero-order chi connectivity index (χ0) is 13.7. The number of halogens is 1. The van der Waals surface area contributed by atoms with E-state index in [-0.39, 0.29) is 22.2 Å². The van der Waals surface area contributed by atoms with Gasteiger partial charge in [-0.15, -0.1) is 0 Å². The number of phenols is 1. The first-order chi connectivity index (χ1) is 8.49. The van der Waals surface area contributed by atoms with Crippen molar-refractivity contribution in [2.75, 3.05) is 0 Å². The number of phenolic OH excluding ortho intramolecular Hbond substituents is 1. The number of carbonyl (C=O) groups excluding carboxylic acids is 1. The number of oxime groups is 1. The molecular formula is C11H14ClN3O3. The molecule has 98 valence electrons. The van der Waals surface area contributed by atoms with Crippen LogP contribution < -0.4 is 11.1 Å². The number of nitrogens with one attached hydrogen (secondary N) is 1. The van der Waals surface area contributed by atoms with E-state index in [9.17, 15) is 9.90 Å². The molecule has 0 spiro atoms. The molecule has 1 atom stereocenters. The second kappa shape index (κ2) is 6.11. The molecule has 1 amide bonds. The van der Waals surface area contributed by atoms with Crippen LogP contribution in [0.5, 0.6) is 5.75 Å². The Labute approximate surface area is 109 Å². The summed E-state index contributed by atoms with van der Waals surface area (Å²) >= 11 is 5.70. The number of amides is 1. The molecule has 18 heavy (non-hydrogen) atoms. The van der Waals surface area contributed by atoms with Gasteiger partial charge in [0, 0.05) is 5.56 Å². The smallest absolute Gasteiger partial charge is 0.251 e. The number of amidine groups is 1. The zero-order valence-corrected chi connectivity index (χ0v) is 10.5. The minimum Gasteiger partial charge on any atom is -0.506 e. The molecule has 0 saturated heterocycles. The van der Waals surface area contributed by atoms with Crippen LogP contribution in [0.15, 0.2) is 23.4 Å². The highest BCUT2D eigenvalue weighted by Crippen LogP contribution is 2.23. The van der Waals surface area contributed by atoms with E-state index >= 15 is 0 Å². The van der Waals surface area contributed by atoms with Crippen LogP contribution in [0.3, 0.4) is 0 Å². The molecule has 1 aromatic rings. The summed E-state index contributed by atoms with van der Waals surface area (Å²) in [5.74, 6) is -0.595. The topological polar surface area (TPSA) is 108 Å². The molecule has 5 N–H and O–H groups in total. The summed E-state index contributed by atoms with van der Waals surface area (Å²) in [6.45, 7) is 1.78. The maximum atomic E-state index is 11.9. The number of hydrogen-bond donors (Lipinski definition) is 4. The molecule has 0 radical (unpaired) electrons. The summed E-state index contributed by atoms with van der Waals surface area (Å²) in [4.78, 5) is 11.9. The Kier molecular flexibility index (Phi) is 4.79. The predicted octanol–water partition coefficient (Wildman–Crippen LogP) is 1.30. The molecule has 0 aliphatic heterocycles. The monoisotopic (exact) mass is 271 g/mol. The van der Waals surface area contributed by atoms with E-state index < -0.39 is 11.9 Å². The van der Waals surface area contributed by atoms with Gasteiger partial charge >= 0.3 is 0 Å². The summed E-state index contributed by atoms with van der Waals surface area (Å²) in [5, 5.41) is 23.3. The van der Waals surface area contributed by atoms with Gasteiger partial charge in [-0.2, -0.15) is 0 Å². The van der Waals surface area contributed by atoms with Gasteiger partial charge in [0.2, 0.25) is 0 Å². The Morgan fingerprint density at radius 3 is 2.78 bits per heavy atom. The van der Waals surface area contributed by atoms with Crippen LogP contribution in [-0.2, 0) is 0 Å². The van der Waals surface area contributed by atoms with E-state index in [1.54, 1.807) is 6.92 Å². The predicted molar refractivity (Wildman–Crippen MR) is 68.1 cm³/mol. The van der Waals surface area contributed by atoms with Crippen LogP contribution in [0.2, 0.25) is 5.02 Å². The number of benzene rings is 1. The number of nitrogens with two attached hydrogens (primary N) is 1. The lowest BCUT2D eigenvalue weighted by Gasteiger charge is -2.15. The lowest BCUT2D eigenvalue weighted by Crippen LogP contribution is -2.44. The Balaban J connectivity index is 2.84. The number of nitrogens with zero attached hydrogens (tertiary/aromatic N) is 1. The largest absolute Gasteiger partial charge is 0.506 e. The van der Waals surface area contributed by atoms with Gasteiger partial charge in [-0.05, 0) is 24.6 Å². The standard InChI is InChI=1S/C11H14ClN3O3/c1-2-8(10(13)15-18)14-11(17)6-3-4-9(16)7(12)5-6/h3-5,8,16,18H,2H2,1H3,(H2,13,15)(H,14,17). The molecule has 0 aliphatic rings. The number of aromatic hydroxyl groups is 1. The van der Waals surface area contributed by atoms with Crippen LogP contribution >= 0.6 is 11.6 Å². The van der Waals surface area contributed by atoms with Crippen molar-refractivity contribution in [1.29, 1.82) is 0 Å². The highest BCUT2D eigenvalue weighted by molar-refractivity contribution is 6.32. The summed E-state index contributed by atoms with van der Waals surface area (Å²) in [6, 6.07) is 3.53. The lowest BCUT2D eigenvalue weighted by atomic mass is 10.1. The molecule has 0 bridgehead atoms. The van der Waals surface area contributed by atoms with E-state index in [0.717, 1.165) is 0 Å².